The number of aliphatic imine (C=N–C) groups is 1. The summed E-state index contributed by atoms with van der Waals surface area (Å²) in [6.45, 7) is 12.3. The van der Waals surface area contributed by atoms with Gasteiger partial charge in [-0.25, -0.2) is 4.99 Å². The maximum Gasteiger partial charge on any atom is 0.416 e. The molecule has 0 spiro atoms. The topological polar surface area (TPSA) is 75.8 Å². The van der Waals surface area contributed by atoms with E-state index in [2.05, 4.69) is 9.98 Å². The van der Waals surface area contributed by atoms with E-state index in [1.807, 2.05) is 34.6 Å². The first kappa shape index (κ1) is 24.3. The van der Waals surface area contributed by atoms with Crippen LogP contribution in [0.4, 0.5) is 13.2 Å². The molecule has 0 bridgehead atoms. The summed E-state index contributed by atoms with van der Waals surface area (Å²) in [6, 6.07) is 4.74. The van der Waals surface area contributed by atoms with Gasteiger partial charge in [0.05, 0.1) is 24.3 Å². The minimum Gasteiger partial charge on any atom is -0.493 e. The lowest BCUT2D eigenvalue weighted by molar-refractivity contribution is -0.137. The Morgan fingerprint density at radius 3 is 2.42 bits per heavy atom. The highest BCUT2D eigenvalue weighted by Gasteiger charge is 2.32. The van der Waals surface area contributed by atoms with Crippen molar-refractivity contribution >= 4 is 5.84 Å². The molecule has 0 radical (unpaired) electrons. The van der Waals surface area contributed by atoms with Gasteiger partial charge in [-0.15, -0.1) is 0 Å². The Hall–Kier alpha value is -3.02. The van der Waals surface area contributed by atoms with Gasteiger partial charge in [-0.05, 0) is 31.0 Å². The van der Waals surface area contributed by atoms with E-state index in [1.54, 1.807) is 23.9 Å². The molecule has 0 unspecified atom stereocenters. The van der Waals surface area contributed by atoms with Gasteiger partial charge in [0, 0.05) is 11.5 Å². The van der Waals surface area contributed by atoms with Gasteiger partial charge >= 0.3 is 6.18 Å². The molecule has 0 fully saturated rings. The van der Waals surface area contributed by atoms with Gasteiger partial charge in [0.15, 0.2) is 11.3 Å². The smallest absolute Gasteiger partial charge is 0.416 e. The fourth-order valence-corrected chi connectivity index (χ4v) is 2.75. The van der Waals surface area contributed by atoms with Gasteiger partial charge in [-0.2, -0.15) is 28.2 Å². The van der Waals surface area contributed by atoms with Crippen LogP contribution in [-0.4, -0.2) is 17.2 Å². The summed E-state index contributed by atoms with van der Waals surface area (Å²) in [5.74, 6) is 0.845. The first-order valence-corrected chi connectivity index (χ1v) is 9.94. The van der Waals surface area contributed by atoms with E-state index in [0.717, 1.165) is 12.1 Å². The number of nitriles is 1. The first-order chi connectivity index (χ1) is 14.4. The molecule has 1 aromatic heterocycles. The average molecular weight is 436 g/mol. The molecule has 0 aliphatic rings. The highest BCUT2D eigenvalue weighted by molar-refractivity contribution is 6.02. The molecule has 0 saturated heterocycles. The number of hydrogen-bond acceptors (Lipinski definition) is 4. The number of rotatable bonds is 5. The first-order valence-electron chi connectivity index (χ1n) is 9.94. The van der Waals surface area contributed by atoms with Crippen LogP contribution in [0.5, 0.6) is 5.75 Å². The van der Waals surface area contributed by atoms with Crippen molar-refractivity contribution in [3.63, 3.8) is 0 Å². The van der Waals surface area contributed by atoms with Crippen molar-refractivity contribution in [3.8, 4) is 11.9 Å². The SMILES string of the molecule is CCOc1ccc(C(F)(F)F)cc1C(=NC#N)/N=c1\cc(C(C)(C)C)on1CC(C)C. The zero-order chi connectivity index (χ0) is 23.4. The number of ether oxygens (including phenoxy) is 1. The Labute approximate surface area is 179 Å². The van der Waals surface area contributed by atoms with E-state index < -0.39 is 11.7 Å². The minimum absolute atomic E-state index is 0.0205. The van der Waals surface area contributed by atoms with Gasteiger partial charge in [0.2, 0.25) is 6.19 Å². The van der Waals surface area contributed by atoms with E-state index in [-0.39, 0.29) is 35.1 Å². The standard InChI is InChI=1S/C22H27F3N4O2/c1-7-30-17-9-8-15(22(23,24)25)10-16(17)20(27-13-26)28-19-11-18(21(4,5)6)31-29(19)12-14(2)3/h8-11,14H,7,12H2,1-6H3/b27-20?,28-19+. The Balaban J connectivity index is 2.76. The van der Waals surface area contributed by atoms with Crippen molar-refractivity contribution in [2.24, 2.45) is 15.9 Å². The summed E-state index contributed by atoms with van der Waals surface area (Å²) < 4.78 is 52.9. The van der Waals surface area contributed by atoms with Crippen molar-refractivity contribution in [3.05, 3.63) is 46.6 Å². The minimum atomic E-state index is -4.57. The van der Waals surface area contributed by atoms with Gasteiger partial charge in [0.25, 0.3) is 0 Å². The van der Waals surface area contributed by atoms with Gasteiger partial charge < -0.3 is 9.26 Å². The predicted molar refractivity (Wildman–Crippen MR) is 111 cm³/mol. The number of amidine groups is 1. The quantitative estimate of drug-likeness (QED) is 0.363. The van der Waals surface area contributed by atoms with Crippen LogP contribution in [0, 0.1) is 17.4 Å². The number of alkyl halides is 3. The molecular formula is C22H27F3N4O2. The highest BCUT2D eigenvalue weighted by atomic mass is 19.4. The summed E-state index contributed by atoms with van der Waals surface area (Å²) in [6.07, 6.45) is -2.94. The molecule has 31 heavy (non-hydrogen) atoms. The fraction of sp³-hybridized carbons (Fsp3) is 0.500. The number of nitrogens with zero attached hydrogens (tertiary/aromatic N) is 4. The second kappa shape index (κ2) is 9.41. The Bertz CT molecular complexity index is 1050. The largest absolute Gasteiger partial charge is 0.493 e. The van der Waals surface area contributed by atoms with E-state index in [1.165, 1.54) is 6.07 Å². The molecule has 9 heteroatoms. The van der Waals surface area contributed by atoms with Crippen molar-refractivity contribution in [1.82, 2.24) is 4.74 Å². The van der Waals surface area contributed by atoms with Crippen LogP contribution in [0.15, 0.2) is 38.8 Å². The number of aromatic nitrogens is 1. The summed E-state index contributed by atoms with van der Waals surface area (Å²) in [5, 5.41) is 9.18. The number of halogens is 3. The van der Waals surface area contributed by atoms with Gasteiger partial charge in [0.1, 0.15) is 11.5 Å². The molecule has 1 aromatic carbocycles. The molecule has 0 amide bonds. The van der Waals surface area contributed by atoms with Crippen molar-refractivity contribution in [1.29, 1.82) is 5.26 Å². The monoisotopic (exact) mass is 436 g/mol. The summed E-state index contributed by atoms with van der Waals surface area (Å²) in [7, 11) is 0. The van der Waals surface area contributed by atoms with Crippen molar-refractivity contribution < 1.29 is 22.4 Å². The third-order valence-electron chi connectivity index (χ3n) is 4.22. The van der Waals surface area contributed by atoms with Crippen LogP contribution in [0.1, 0.15) is 58.4 Å². The van der Waals surface area contributed by atoms with Crippen LogP contribution in [-0.2, 0) is 18.1 Å². The number of hydrogen-bond donors (Lipinski definition) is 0. The third-order valence-corrected chi connectivity index (χ3v) is 4.22. The highest BCUT2D eigenvalue weighted by Crippen LogP contribution is 2.33. The fourth-order valence-electron chi connectivity index (χ4n) is 2.75. The Morgan fingerprint density at radius 1 is 1.23 bits per heavy atom. The molecule has 0 atom stereocenters. The molecule has 2 rings (SSSR count). The zero-order valence-corrected chi connectivity index (χ0v) is 18.5. The maximum atomic E-state index is 13.3. The molecule has 0 aliphatic heterocycles. The molecular weight excluding hydrogens is 409 g/mol. The van der Waals surface area contributed by atoms with Crippen LogP contribution in [0.25, 0.3) is 0 Å². The lowest BCUT2D eigenvalue weighted by atomic mass is 9.94. The predicted octanol–water partition coefficient (Wildman–Crippen LogP) is 5.28. The normalized spacial score (nSPS) is 13.6. The van der Waals surface area contributed by atoms with Crippen molar-refractivity contribution in [2.75, 3.05) is 6.61 Å². The molecule has 6 nitrogen and oxygen atoms in total. The summed E-state index contributed by atoms with van der Waals surface area (Å²) in [5.41, 5.74) is -0.865. The molecule has 0 aliphatic carbocycles. The van der Waals surface area contributed by atoms with Crippen LogP contribution >= 0.6 is 0 Å². The molecule has 168 valence electrons. The molecule has 2 aromatic rings. The second-order valence-electron chi connectivity index (χ2n) is 8.45. The van der Waals surface area contributed by atoms with E-state index in [4.69, 9.17) is 9.26 Å². The molecule has 0 saturated carbocycles. The molecule has 0 N–H and O–H groups in total. The lowest BCUT2D eigenvalue weighted by Gasteiger charge is -2.13. The molecule has 1 heterocycles. The van der Waals surface area contributed by atoms with Crippen molar-refractivity contribution in [2.45, 2.75) is 59.7 Å². The average Bonchev–Trinajstić information content (AvgIpc) is 3.03. The van der Waals surface area contributed by atoms with Gasteiger partial charge in [-0.1, -0.05) is 34.6 Å². The second-order valence-corrected chi connectivity index (χ2v) is 8.45. The Morgan fingerprint density at radius 2 is 1.90 bits per heavy atom. The maximum absolute atomic E-state index is 13.3. The summed E-state index contributed by atoms with van der Waals surface area (Å²) >= 11 is 0. The third kappa shape index (κ3) is 6.23. The van der Waals surface area contributed by atoms with E-state index in [9.17, 15) is 18.4 Å². The van der Waals surface area contributed by atoms with E-state index >= 15 is 0 Å². The van der Waals surface area contributed by atoms with Crippen LogP contribution in [0.2, 0.25) is 0 Å². The van der Waals surface area contributed by atoms with E-state index in [0.29, 0.717) is 17.8 Å². The zero-order valence-electron chi connectivity index (χ0n) is 18.5. The Kier molecular flexibility index (Phi) is 7.37. The van der Waals surface area contributed by atoms with Crippen LogP contribution < -0.4 is 10.2 Å². The summed E-state index contributed by atoms with van der Waals surface area (Å²) in [4.78, 5) is 8.12. The number of benzene rings is 1. The van der Waals surface area contributed by atoms with Crippen LogP contribution in [0.3, 0.4) is 0 Å². The van der Waals surface area contributed by atoms with Gasteiger partial charge in [-0.3, -0.25) is 0 Å². The lowest BCUT2D eigenvalue weighted by Crippen LogP contribution is -2.21.